The van der Waals surface area contributed by atoms with Crippen LogP contribution in [0.1, 0.15) is 31.7 Å². The van der Waals surface area contributed by atoms with Gasteiger partial charge in [-0.05, 0) is 72.8 Å². The van der Waals surface area contributed by atoms with Crippen molar-refractivity contribution in [2.75, 3.05) is 6.54 Å². The van der Waals surface area contributed by atoms with Gasteiger partial charge in [-0.25, -0.2) is 0 Å². The molecule has 0 radical (unpaired) electrons. The third-order valence-corrected chi connectivity index (χ3v) is 4.67. The van der Waals surface area contributed by atoms with Crippen molar-refractivity contribution in [1.29, 1.82) is 0 Å². The number of halogens is 2. The summed E-state index contributed by atoms with van der Waals surface area (Å²) in [6.45, 7) is 4.41. The SMILES string of the molecule is Cc1ccc(OC(C)C(=O)NC2CCCC2CN)c(Br)c1.Cl. The molecule has 1 aliphatic rings. The number of benzene rings is 1. The van der Waals surface area contributed by atoms with Crippen molar-refractivity contribution in [3.63, 3.8) is 0 Å². The van der Waals surface area contributed by atoms with Gasteiger partial charge in [0.1, 0.15) is 5.75 Å². The topological polar surface area (TPSA) is 64.3 Å². The van der Waals surface area contributed by atoms with E-state index < -0.39 is 6.10 Å². The maximum Gasteiger partial charge on any atom is 0.261 e. The lowest BCUT2D eigenvalue weighted by Crippen LogP contribution is -2.45. The first-order valence-corrected chi connectivity index (χ1v) is 8.23. The van der Waals surface area contributed by atoms with Crippen molar-refractivity contribution in [1.82, 2.24) is 5.32 Å². The highest BCUT2D eigenvalue weighted by Gasteiger charge is 2.29. The van der Waals surface area contributed by atoms with Crippen molar-refractivity contribution >= 4 is 34.2 Å². The minimum Gasteiger partial charge on any atom is -0.480 e. The van der Waals surface area contributed by atoms with E-state index in [1.165, 1.54) is 0 Å². The average molecular weight is 392 g/mol. The Labute approximate surface area is 146 Å². The fraction of sp³-hybridized carbons (Fsp3) is 0.562. The molecule has 3 unspecified atom stereocenters. The average Bonchev–Trinajstić information content (AvgIpc) is 2.89. The molecular formula is C16H24BrClN2O2. The Balaban J connectivity index is 0.00000242. The zero-order valence-corrected chi connectivity index (χ0v) is 15.4. The van der Waals surface area contributed by atoms with E-state index in [1.807, 2.05) is 25.1 Å². The van der Waals surface area contributed by atoms with Crippen LogP contribution in [0.4, 0.5) is 0 Å². The Hall–Kier alpha value is -0.780. The predicted molar refractivity (Wildman–Crippen MR) is 94.5 cm³/mol. The fourth-order valence-electron chi connectivity index (χ4n) is 2.75. The van der Waals surface area contributed by atoms with Gasteiger partial charge in [0, 0.05) is 6.04 Å². The van der Waals surface area contributed by atoms with E-state index in [4.69, 9.17) is 10.5 Å². The van der Waals surface area contributed by atoms with Crippen molar-refractivity contribution < 1.29 is 9.53 Å². The lowest BCUT2D eigenvalue weighted by atomic mass is 10.0. The molecule has 2 rings (SSSR count). The summed E-state index contributed by atoms with van der Waals surface area (Å²) >= 11 is 3.46. The number of rotatable bonds is 5. The van der Waals surface area contributed by atoms with Gasteiger partial charge in [0.2, 0.25) is 0 Å². The molecule has 4 nitrogen and oxygen atoms in total. The minimum atomic E-state index is -0.525. The second kappa shape index (κ2) is 8.75. The molecular weight excluding hydrogens is 368 g/mol. The molecule has 1 amide bonds. The zero-order chi connectivity index (χ0) is 15.4. The molecule has 1 fully saturated rings. The number of hydrogen-bond acceptors (Lipinski definition) is 3. The van der Waals surface area contributed by atoms with E-state index in [1.54, 1.807) is 6.92 Å². The monoisotopic (exact) mass is 390 g/mol. The lowest BCUT2D eigenvalue weighted by molar-refractivity contribution is -0.128. The van der Waals surface area contributed by atoms with Gasteiger partial charge in [-0.3, -0.25) is 4.79 Å². The second-order valence-corrected chi connectivity index (χ2v) is 6.59. The molecule has 0 saturated heterocycles. The molecule has 0 heterocycles. The van der Waals surface area contributed by atoms with Crippen LogP contribution in [0.2, 0.25) is 0 Å². The van der Waals surface area contributed by atoms with Crippen LogP contribution in [0.15, 0.2) is 22.7 Å². The maximum atomic E-state index is 12.3. The molecule has 1 aliphatic carbocycles. The fourth-order valence-corrected chi connectivity index (χ4v) is 3.34. The molecule has 3 N–H and O–H groups in total. The van der Waals surface area contributed by atoms with Gasteiger partial charge in [-0.1, -0.05) is 12.5 Å². The number of carbonyl (C=O) groups excluding carboxylic acids is 1. The summed E-state index contributed by atoms with van der Waals surface area (Å²) in [4.78, 5) is 12.3. The number of carbonyl (C=O) groups is 1. The molecule has 0 spiro atoms. The molecule has 22 heavy (non-hydrogen) atoms. The van der Waals surface area contributed by atoms with Crippen molar-refractivity contribution in [2.45, 2.75) is 45.3 Å². The molecule has 3 atom stereocenters. The van der Waals surface area contributed by atoms with Gasteiger partial charge in [-0.15, -0.1) is 12.4 Å². The van der Waals surface area contributed by atoms with Gasteiger partial charge in [0.05, 0.1) is 4.47 Å². The number of aryl methyl sites for hydroxylation is 1. The third-order valence-electron chi connectivity index (χ3n) is 4.05. The summed E-state index contributed by atoms with van der Waals surface area (Å²) < 4.78 is 6.61. The Morgan fingerprint density at radius 1 is 1.50 bits per heavy atom. The molecule has 0 aliphatic heterocycles. The Bertz CT molecular complexity index is 513. The normalized spacial score (nSPS) is 21.8. The molecule has 0 aromatic heterocycles. The summed E-state index contributed by atoms with van der Waals surface area (Å²) in [6.07, 6.45) is 2.71. The van der Waals surface area contributed by atoms with Crippen molar-refractivity contribution in [2.24, 2.45) is 11.7 Å². The van der Waals surface area contributed by atoms with E-state index in [9.17, 15) is 4.79 Å². The first-order valence-electron chi connectivity index (χ1n) is 7.44. The van der Waals surface area contributed by atoms with Gasteiger partial charge in [0.25, 0.3) is 5.91 Å². The van der Waals surface area contributed by atoms with Crippen LogP contribution in [0.25, 0.3) is 0 Å². The standard InChI is InChI=1S/C16H23BrN2O2.ClH/c1-10-6-7-15(13(17)8-10)21-11(2)16(20)19-14-5-3-4-12(14)9-18;/h6-8,11-12,14H,3-5,9,18H2,1-2H3,(H,19,20);1H. The van der Waals surface area contributed by atoms with E-state index in [0.29, 0.717) is 18.2 Å². The van der Waals surface area contributed by atoms with E-state index >= 15 is 0 Å². The van der Waals surface area contributed by atoms with Crippen molar-refractivity contribution in [3.8, 4) is 5.75 Å². The zero-order valence-electron chi connectivity index (χ0n) is 13.0. The third kappa shape index (κ3) is 4.86. The maximum absolute atomic E-state index is 12.3. The van der Waals surface area contributed by atoms with E-state index in [2.05, 4.69) is 21.2 Å². The number of ether oxygens (including phenoxy) is 1. The molecule has 124 valence electrons. The number of nitrogens with two attached hydrogens (primary N) is 1. The summed E-state index contributed by atoms with van der Waals surface area (Å²) in [5, 5.41) is 3.07. The van der Waals surface area contributed by atoms with Crippen molar-refractivity contribution in [3.05, 3.63) is 28.2 Å². The summed E-state index contributed by atoms with van der Waals surface area (Å²) in [6, 6.07) is 6.00. The lowest BCUT2D eigenvalue weighted by Gasteiger charge is -2.22. The quantitative estimate of drug-likeness (QED) is 0.810. The summed E-state index contributed by atoms with van der Waals surface area (Å²) in [7, 11) is 0. The van der Waals surface area contributed by atoms with Crippen LogP contribution in [0.5, 0.6) is 5.75 Å². The summed E-state index contributed by atoms with van der Waals surface area (Å²) in [5.41, 5.74) is 6.89. The number of hydrogen-bond donors (Lipinski definition) is 2. The van der Waals surface area contributed by atoms with Crippen LogP contribution >= 0.6 is 28.3 Å². The molecule has 1 aromatic carbocycles. The highest BCUT2D eigenvalue weighted by atomic mass is 79.9. The van der Waals surface area contributed by atoms with Crippen LogP contribution in [0, 0.1) is 12.8 Å². The van der Waals surface area contributed by atoms with E-state index in [-0.39, 0.29) is 24.4 Å². The second-order valence-electron chi connectivity index (χ2n) is 5.74. The van der Waals surface area contributed by atoms with Crippen LogP contribution in [-0.2, 0) is 4.79 Å². The highest BCUT2D eigenvalue weighted by Crippen LogP contribution is 2.27. The molecule has 0 bridgehead atoms. The van der Waals surface area contributed by atoms with Gasteiger partial charge < -0.3 is 15.8 Å². The van der Waals surface area contributed by atoms with Gasteiger partial charge >= 0.3 is 0 Å². The van der Waals surface area contributed by atoms with Crippen LogP contribution in [-0.4, -0.2) is 24.6 Å². The van der Waals surface area contributed by atoms with Gasteiger partial charge in [-0.2, -0.15) is 0 Å². The summed E-state index contributed by atoms with van der Waals surface area (Å²) in [5.74, 6) is 1.00. The largest absolute Gasteiger partial charge is 0.480 e. The van der Waals surface area contributed by atoms with Gasteiger partial charge in [0.15, 0.2) is 6.10 Å². The van der Waals surface area contributed by atoms with Crippen LogP contribution < -0.4 is 15.8 Å². The Morgan fingerprint density at radius 3 is 2.86 bits per heavy atom. The van der Waals surface area contributed by atoms with Crippen LogP contribution in [0.3, 0.4) is 0 Å². The first kappa shape index (κ1) is 19.3. The van der Waals surface area contributed by atoms with E-state index in [0.717, 1.165) is 29.3 Å². The minimum absolute atomic E-state index is 0. The smallest absolute Gasteiger partial charge is 0.261 e. The number of nitrogens with one attached hydrogen (secondary N) is 1. The molecule has 1 aromatic rings. The number of amides is 1. The Morgan fingerprint density at radius 2 is 2.23 bits per heavy atom. The highest BCUT2D eigenvalue weighted by molar-refractivity contribution is 9.10. The molecule has 6 heteroatoms. The molecule has 1 saturated carbocycles. The first-order chi connectivity index (χ1) is 10.0. The Kier molecular flexibility index (Phi) is 7.66. The predicted octanol–water partition coefficient (Wildman–Crippen LogP) is 3.19.